The summed E-state index contributed by atoms with van der Waals surface area (Å²) in [6.07, 6.45) is 1.35. The average molecular weight is 316 g/mol. The first-order valence-electron chi connectivity index (χ1n) is 6.28. The molecule has 0 aliphatic carbocycles. The number of nitrogens with zero attached hydrogens (tertiary/aromatic N) is 1. The fourth-order valence-electron chi connectivity index (χ4n) is 1.73. The summed E-state index contributed by atoms with van der Waals surface area (Å²) in [5, 5.41) is 19.9. The first-order chi connectivity index (χ1) is 9.79. The molecule has 116 valence electrons. The first-order valence-corrected chi connectivity index (χ1v) is 7.76. The van der Waals surface area contributed by atoms with Gasteiger partial charge in [0.25, 0.3) is 5.69 Å². The van der Waals surface area contributed by atoms with Gasteiger partial charge in [-0.2, -0.15) is 4.72 Å². The largest absolute Gasteiger partial charge is 0.480 e. The standard InChI is InChI=1S/C12H16N2O6S/c1-2-3-6-9(12(15)16)13-21(19,20)11-8-5-4-7-10(11)14(17)18/h4-5,7-9,13H,2-3,6H2,1H3,(H,15,16)/t9-/m0/s1. The van der Waals surface area contributed by atoms with Crippen molar-refractivity contribution in [2.75, 3.05) is 0 Å². The first kappa shape index (κ1) is 17.1. The van der Waals surface area contributed by atoms with Crippen molar-refractivity contribution in [2.24, 2.45) is 0 Å². The third-order valence-electron chi connectivity index (χ3n) is 2.79. The van der Waals surface area contributed by atoms with Gasteiger partial charge in [-0.3, -0.25) is 14.9 Å². The highest BCUT2D eigenvalue weighted by molar-refractivity contribution is 7.89. The van der Waals surface area contributed by atoms with Crippen LogP contribution in [0.3, 0.4) is 0 Å². The zero-order valence-electron chi connectivity index (χ0n) is 11.4. The predicted molar refractivity (Wildman–Crippen MR) is 74.4 cm³/mol. The quantitative estimate of drug-likeness (QED) is 0.553. The van der Waals surface area contributed by atoms with Crippen LogP contribution >= 0.6 is 0 Å². The number of nitrogens with one attached hydrogen (secondary N) is 1. The van der Waals surface area contributed by atoms with E-state index in [9.17, 15) is 23.3 Å². The Morgan fingerprint density at radius 3 is 2.57 bits per heavy atom. The number of carbonyl (C=O) groups is 1. The van der Waals surface area contributed by atoms with Gasteiger partial charge in [-0.15, -0.1) is 0 Å². The molecule has 0 heterocycles. The van der Waals surface area contributed by atoms with E-state index >= 15 is 0 Å². The Morgan fingerprint density at radius 1 is 1.43 bits per heavy atom. The van der Waals surface area contributed by atoms with Crippen LogP contribution in [0.5, 0.6) is 0 Å². The Balaban J connectivity index is 3.11. The van der Waals surface area contributed by atoms with E-state index in [0.29, 0.717) is 12.8 Å². The van der Waals surface area contributed by atoms with Gasteiger partial charge in [-0.1, -0.05) is 31.9 Å². The topological polar surface area (TPSA) is 127 Å². The number of benzene rings is 1. The highest BCUT2D eigenvalue weighted by Crippen LogP contribution is 2.23. The van der Waals surface area contributed by atoms with Gasteiger partial charge < -0.3 is 5.11 Å². The van der Waals surface area contributed by atoms with Gasteiger partial charge in [0.2, 0.25) is 10.0 Å². The van der Waals surface area contributed by atoms with E-state index in [1.165, 1.54) is 12.1 Å². The average Bonchev–Trinajstić information content (AvgIpc) is 2.43. The van der Waals surface area contributed by atoms with E-state index in [-0.39, 0.29) is 6.42 Å². The molecule has 1 aromatic rings. The lowest BCUT2D eigenvalue weighted by Crippen LogP contribution is -2.40. The number of rotatable bonds is 8. The summed E-state index contributed by atoms with van der Waals surface area (Å²) in [5.41, 5.74) is -0.593. The number of hydrogen-bond donors (Lipinski definition) is 2. The minimum atomic E-state index is -4.28. The second kappa shape index (κ2) is 7.14. The summed E-state index contributed by atoms with van der Waals surface area (Å²) in [7, 11) is -4.28. The molecule has 8 nitrogen and oxygen atoms in total. The predicted octanol–water partition coefficient (Wildman–Crippen LogP) is 1.52. The number of unbranched alkanes of at least 4 members (excludes halogenated alkanes) is 1. The maximum Gasteiger partial charge on any atom is 0.321 e. The third-order valence-corrected chi connectivity index (χ3v) is 4.31. The molecule has 0 fully saturated rings. The number of para-hydroxylation sites is 1. The fourth-order valence-corrected chi connectivity index (χ4v) is 3.12. The summed E-state index contributed by atoms with van der Waals surface area (Å²) in [6, 6.07) is 3.48. The Bertz CT molecular complexity index is 628. The van der Waals surface area contributed by atoms with Gasteiger partial charge in [0.05, 0.1) is 4.92 Å². The fraction of sp³-hybridized carbons (Fsp3) is 0.417. The highest BCUT2D eigenvalue weighted by Gasteiger charge is 2.30. The molecular formula is C12H16N2O6S. The summed E-state index contributed by atoms with van der Waals surface area (Å²) >= 11 is 0. The summed E-state index contributed by atoms with van der Waals surface area (Å²) in [6.45, 7) is 1.84. The number of carboxylic acids is 1. The van der Waals surface area contributed by atoms with Crippen LogP contribution in [0.4, 0.5) is 5.69 Å². The van der Waals surface area contributed by atoms with Crippen molar-refractivity contribution < 1.29 is 23.2 Å². The van der Waals surface area contributed by atoms with Gasteiger partial charge in [-0.25, -0.2) is 8.42 Å². The van der Waals surface area contributed by atoms with Crippen LogP contribution < -0.4 is 4.72 Å². The van der Waals surface area contributed by atoms with Crippen LogP contribution in [0.25, 0.3) is 0 Å². The molecule has 0 bridgehead atoms. The number of carboxylic acid groups (broad SMARTS) is 1. The van der Waals surface area contributed by atoms with Crippen LogP contribution in [-0.2, 0) is 14.8 Å². The van der Waals surface area contributed by atoms with E-state index in [0.717, 1.165) is 12.1 Å². The summed E-state index contributed by atoms with van der Waals surface area (Å²) in [5.74, 6) is -1.31. The maximum atomic E-state index is 12.2. The Kier molecular flexibility index (Phi) is 5.79. The Hall–Kier alpha value is -2.00. The molecule has 0 saturated carbocycles. The molecule has 0 unspecified atom stereocenters. The molecule has 1 rings (SSSR count). The number of sulfonamides is 1. The molecule has 0 spiro atoms. The molecule has 0 aliphatic rings. The zero-order chi connectivity index (χ0) is 16.0. The van der Waals surface area contributed by atoms with Crippen molar-refractivity contribution in [1.82, 2.24) is 4.72 Å². The van der Waals surface area contributed by atoms with Crippen molar-refractivity contribution in [3.8, 4) is 0 Å². The van der Waals surface area contributed by atoms with Gasteiger partial charge in [-0.05, 0) is 12.5 Å². The molecule has 1 atom stereocenters. The maximum absolute atomic E-state index is 12.2. The summed E-state index contributed by atoms with van der Waals surface area (Å²) < 4.78 is 26.3. The minimum Gasteiger partial charge on any atom is -0.480 e. The number of nitro benzene ring substituents is 1. The summed E-state index contributed by atoms with van der Waals surface area (Å²) in [4.78, 5) is 20.6. The van der Waals surface area contributed by atoms with Crippen molar-refractivity contribution in [3.63, 3.8) is 0 Å². The van der Waals surface area contributed by atoms with Crippen molar-refractivity contribution >= 4 is 21.7 Å². The minimum absolute atomic E-state index is 0.117. The van der Waals surface area contributed by atoms with E-state index in [4.69, 9.17) is 5.11 Å². The van der Waals surface area contributed by atoms with Crippen LogP contribution in [0.1, 0.15) is 26.2 Å². The SMILES string of the molecule is CCCC[C@H](NS(=O)(=O)c1ccccc1[N+](=O)[O-])C(=O)O. The monoisotopic (exact) mass is 316 g/mol. The molecule has 1 aromatic carbocycles. The van der Waals surface area contributed by atoms with Gasteiger partial charge in [0.15, 0.2) is 4.90 Å². The molecule has 2 N–H and O–H groups in total. The number of hydrogen-bond acceptors (Lipinski definition) is 5. The van der Waals surface area contributed by atoms with Crippen LogP contribution in [0.2, 0.25) is 0 Å². The highest BCUT2D eigenvalue weighted by atomic mass is 32.2. The second-order valence-corrected chi connectivity index (χ2v) is 6.06. The van der Waals surface area contributed by atoms with Crippen molar-refractivity contribution in [1.29, 1.82) is 0 Å². The van der Waals surface area contributed by atoms with Crippen LogP contribution in [0.15, 0.2) is 29.2 Å². The van der Waals surface area contributed by atoms with E-state index in [1.54, 1.807) is 0 Å². The van der Waals surface area contributed by atoms with Crippen LogP contribution in [0, 0.1) is 10.1 Å². The lowest BCUT2D eigenvalue weighted by Gasteiger charge is -2.14. The van der Waals surface area contributed by atoms with Gasteiger partial charge in [0.1, 0.15) is 6.04 Å². The molecule has 9 heteroatoms. The lowest BCUT2D eigenvalue weighted by molar-refractivity contribution is -0.387. The second-order valence-electron chi connectivity index (χ2n) is 4.38. The smallest absolute Gasteiger partial charge is 0.321 e. The van der Waals surface area contributed by atoms with Crippen molar-refractivity contribution in [2.45, 2.75) is 37.1 Å². The van der Waals surface area contributed by atoms with E-state index in [2.05, 4.69) is 0 Å². The zero-order valence-corrected chi connectivity index (χ0v) is 12.2. The molecule has 0 saturated heterocycles. The third kappa shape index (κ3) is 4.50. The Labute approximate surface area is 122 Å². The lowest BCUT2D eigenvalue weighted by atomic mass is 10.1. The molecule has 0 amide bonds. The normalized spacial score (nSPS) is 12.8. The number of aliphatic carboxylic acids is 1. The van der Waals surface area contributed by atoms with Gasteiger partial charge in [0, 0.05) is 6.07 Å². The molecule has 0 aromatic heterocycles. The molecule has 0 radical (unpaired) electrons. The molecule has 21 heavy (non-hydrogen) atoms. The molecular weight excluding hydrogens is 300 g/mol. The van der Waals surface area contributed by atoms with Crippen molar-refractivity contribution in [3.05, 3.63) is 34.4 Å². The molecule has 0 aliphatic heterocycles. The van der Waals surface area contributed by atoms with E-state index < -0.39 is 37.5 Å². The Morgan fingerprint density at radius 2 is 2.05 bits per heavy atom. The van der Waals surface area contributed by atoms with Crippen LogP contribution in [-0.4, -0.2) is 30.5 Å². The number of nitro groups is 1. The van der Waals surface area contributed by atoms with E-state index in [1.807, 2.05) is 11.6 Å². The van der Waals surface area contributed by atoms with Gasteiger partial charge >= 0.3 is 5.97 Å².